The van der Waals surface area contributed by atoms with E-state index in [1.54, 1.807) is 38.4 Å². The van der Waals surface area contributed by atoms with Crippen molar-refractivity contribution >= 4 is 52.3 Å². The number of carbonyl (C=O) groups excluding carboxylic acids is 2. The van der Waals surface area contributed by atoms with Crippen LogP contribution in [-0.4, -0.2) is 42.5 Å². The molecular weight excluding hydrogens is 403 g/mol. The molecule has 0 radical (unpaired) electrons. The van der Waals surface area contributed by atoms with Crippen LogP contribution < -0.4 is 10.1 Å². The van der Waals surface area contributed by atoms with E-state index in [4.69, 9.17) is 39.5 Å². The topological polar surface area (TPSA) is 78.9 Å². The number of aromatic hydroxyl groups is 1. The van der Waals surface area contributed by atoms with Crippen LogP contribution in [-0.2, 0) is 4.79 Å². The number of ether oxygens (including phenoxy) is 1. The zero-order chi connectivity index (χ0) is 19.4. The van der Waals surface area contributed by atoms with E-state index in [0.29, 0.717) is 11.4 Å². The van der Waals surface area contributed by atoms with Gasteiger partial charge in [0.2, 0.25) is 0 Å². The zero-order valence-electron chi connectivity index (χ0n) is 13.8. The van der Waals surface area contributed by atoms with Crippen LogP contribution in [0.3, 0.4) is 0 Å². The first kappa shape index (κ1) is 20.2. The quantitative estimate of drug-likeness (QED) is 0.719. The lowest BCUT2D eigenvalue weighted by molar-refractivity contribution is -0.130. The Labute approximate surface area is 165 Å². The molecule has 2 amide bonds. The molecule has 138 valence electrons. The maximum Gasteiger partial charge on any atom is 0.261 e. The fraction of sp³-hybridized carbons (Fsp3) is 0.176. The number of rotatable bonds is 5. The van der Waals surface area contributed by atoms with Crippen LogP contribution in [0.25, 0.3) is 0 Å². The number of anilines is 1. The van der Waals surface area contributed by atoms with E-state index in [1.165, 1.54) is 11.0 Å². The van der Waals surface area contributed by atoms with Gasteiger partial charge in [-0.05, 0) is 30.3 Å². The summed E-state index contributed by atoms with van der Waals surface area (Å²) >= 11 is 17.7. The molecule has 0 atom stereocenters. The highest BCUT2D eigenvalue weighted by molar-refractivity contribution is 6.46. The van der Waals surface area contributed by atoms with Crippen LogP contribution >= 0.6 is 34.8 Å². The summed E-state index contributed by atoms with van der Waals surface area (Å²) in [5.74, 6) is -0.843. The summed E-state index contributed by atoms with van der Waals surface area (Å²) < 4.78 is 5.34. The molecule has 0 fully saturated rings. The van der Waals surface area contributed by atoms with Gasteiger partial charge >= 0.3 is 0 Å². The standard InChI is InChI=1S/C17H15Cl3N2O4/c1-22(2)13(23)8-26-10-5-3-9(4-6-10)21-17(25)14-15(20)11(18)7-12(19)16(14)24/h3-7,24H,8H2,1-2H3,(H,21,25). The Bertz CT molecular complexity index is 813. The summed E-state index contributed by atoms with van der Waals surface area (Å²) in [4.78, 5) is 25.3. The van der Waals surface area contributed by atoms with Gasteiger partial charge in [-0.15, -0.1) is 0 Å². The van der Waals surface area contributed by atoms with Gasteiger partial charge in [0.25, 0.3) is 11.8 Å². The molecule has 0 aliphatic carbocycles. The lowest BCUT2D eigenvalue weighted by Gasteiger charge is -2.13. The van der Waals surface area contributed by atoms with Crippen LogP contribution in [0.15, 0.2) is 30.3 Å². The number of hydrogen-bond acceptors (Lipinski definition) is 4. The second-order valence-corrected chi connectivity index (χ2v) is 6.63. The van der Waals surface area contributed by atoms with Crippen molar-refractivity contribution in [2.24, 2.45) is 0 Å². The fourth-order valence-corrected chi connectivity index (χ4v) is 2.59. The Kier molecular flexibility index (Phi) is 6.58. The largest absolute Gasteiger partial charge is 0.505 e. The molecule has 0 heterocycles. The molecule has 2 N–H and O–H groups in total. The predicted molar refractivity (Wildman–Crippen MR) is 102 cm³/mol. The van der Waals surface area contributed by atoms with Gasteiger partial charge in [0.15, 0.2) is 6.61 Å². The summed E-state index contributed by atoms with van der Waals surface area (Å²) in [6.45, 7) is -0.0940. The highest BCUT2D eigenvalue weighted by Gasteiger charge is 2.21. The van der Waals surface area contributed by atoms with Crippen molar-refractivity contribution in [1.29, 1.82) is 0 Å². The first-order valence-corrected chi connectivity index (χ1v) is 8.45. The summed E-state index contributed by atoms with van der Waals surface area (Å²) in [7, 11) is 3.26. The summed E-state index contributed by atoms with van der Waals surface area (Å²) in [5.41, 5.74) is 0.203. The number of carbonyl (C=O) groups is 2. The second-order valence-electron chi connectivity index (χ2n) is 5.43. The summed E-state index contributed by atoms with van der Waals surface area (Å²) in [6.07, 6.45) is 0. The molecule has 9 heteroatoms. The predicted octanol–water partition coefficient (Wildman–Crippen LogP) is 4.07. The number of hydrogen-bond donors (Lipinski definition) is 2. The third-order valence-corrected chi connectivity index (χ3v) is 4.42. The third-order valence-electron chi connectivity index (χ3n) is 3.35. The molecule has 6 nitrogen and oxygen atoms in total. The minimum absolute atomic E-state index is 0.0499. The molecule has 0 bridgehead atoms. The van der Waals surface area contributed by atoms with E-state index in [9.17, 15) is 14.7 Å². The van der Waals surface area contributed by atoms with Crippen LogP contribution in [0.1, 0.15) is 10.4 Å². The number of phenols is 1. The number of nitrogens with zero attached hydrogens (tertiary/aromatic N) is 1. The normalized spacial score (nSPS) is 10.3. The van der Waals surface area contributed by atoms with E-state index in [2.05, 4.69) is 5.32 Å². The van der Waals surface area contributed by atoms with Crippen LogP contribution in [0.4, 0.5) is 5.69 Å². The summed E-state index contributed by atoms with van der Waals surface area (Å²) in [6, 6.07) is 7.57. The Morgan fingerprint density at radius 2 is 1.73 bits per heavy atom. The lowest BCUT2D eigenvalue weighted by atomic mass is 10.1. The second kappa shape index (κ2) is 8.49. The first-order chi connectivity index (χ1) is 12.2. The van der Waals surface area contributed by atoms with E-state index in [0.717, 1.165) is 0 Å². The van der Waals surface area contributed by atoms with Crippen molar-refractivity contribution in [2.75, 3.05) is 26.0 Å². The number of benzene rings is 2. The van der Waals surface area contributed by atoms with Crippen molar-refractivity contribution < 1.29 is 19.4 Å². The molecule has 0 aromatic heterocycles. The maximum absolute atomic E-state index is 12.4. The Hall–Kier alpha value is -2.15. The van der Waals surface area contributed by atoms with Crippen LogP contribution in [0, 0.1) is 0 Å². The van der Waals surface area contributed by atoms with Gasteiger partial charge in [0.1, 0.15) is 17.1 Å². The average molecular weight is 418 g/mol. The molecule has 2 aromatic rings. The zero-order valence-corrected chi connectivity index (χ0v) is 16.1. The van der Waals surface area contributed by atoms with Crippen LogP contribution in [0.2, 0.25) is 15.1 Å². The van der Waals surface area contributed by atoms with E-state index in [-0.39, 0.29) is 33.1 Å². The molecule has 26 heavy (non-hydrogen) atoms. The van der Waals surface area contributed by atoms with Crippen molar-refractivity contribution in [2.45, 2.75) is 0 Å². The smallest absolute Gasteiger partial charge is 0.261 e. The van der Waals surface area contributed by atoms with E-state index in [1.807, 2.05) is 0 Å². The van der Waals surface area contributed by atoms with E-state index < -0.39 is 11.7 Å². The van der Waals surface area contributed by atoms with Crippen molar-refractivity contribution in [3.63, 3.8) is 0 Å². The van der Waals surface area contributed by atoms with Crippen LogP contribution in [0.5, 0.6) is 11.5 Å². The number of amides is 2. The third kappa shape index (κ3) is 4.72. The molecule has 0 unspecified atom stereocenters. The number of halogens is 3. The summed E-state index contributed by atoms with van der Waals surface area (Å²) in [5, 5.41) is 12.4. The molecular formula is C17H15Cl3N2O4. The van der Waals surface area contributed by atoms with Gasteiger partial charge in [-0.25, -0.2) is 0 Å². The minimum atomic E-state index is -0.673. The van der Waals surface area contributed by atoms with Crippen molar-refractivity contribution in [3.05, 3.63) is 51.0 Å². The molecule has 0 saturated carbocycles. The Morgan fingerprint density at radius 1 is 1.12 bits per heavy atom. The van der Waals surface area contributed by atoms with Gasteiger partial charge in [-0.3, -0.25) is 9.59 Å². The average Bonchev–Trinajstić information content (AvgIpc) is 2.59. The van der Waals surface area contributed by atoms with Gasteiger partial charge in [0.05, 0.1) is 15.1 Å². The SMILES string of the molecule is CN(C)C(=O)COc1ccc(NC(=O)c2c(O)c(Cl)cc(Cl)c2Cl)cc1. The monoisotopic (exact) mass is 416 g/mol. The molecule has 2 aromatic carbocycles. The lowest BCUT2D eigenvalue weighted by Crippen LogP contribution is -2.27. The Balaban J connectivity index is 2.10. The molecule has 0 aliphatic rings. The van der Waals surface area contributed by atoms with Gasteiger partial charge < -0.3 is 20.1 Å². The molecule has 0 aliphatic heterocycles. The minimum Gasteiger partial charge on any atom is -0.505 e. The number of phenolic OH excluding ortho intramolecular Hbond substituents is 1. The van der Waals surface area contributed by atoms with Gasteiger partial charge in [0, 0.05) is 19.8 Å². The number of likely N-dealkylation sites (N-methyl/N-ethyl adjacent to an activating group) is 1. The molecule has 0 saturated heterocycles. The van der Waals surface area contributed by atoms with Crippen molar-refractivity contribution in [3.8, 4) is 11.5 Å². The fourth-order valence-electron chi connectivity index (χ4n) is 1.90. The van der Waals surface area contributed by atoms with E-state index >= 15 is 0 Å². The van der Waals surface area contributed by atoms with Crippen molar-refractivity contribution in [1.82, 2.24) is 4.90 Å². The number of nitrogens with one attached hydrogen (secondary N) is 1. The Morgan fingerprint density at radius 3 is 2.31 bits per heavy atom. The maximum atomic E-state index is 12.4. The molecule has 0 spiro atoms. The highest BCUT2D eigenvalue weighted by atomic mass is 35.5. The highest BCUT2D eigenvalue weighted by Crippen LogP contribution is 2.38. The molecule has 2 rings (SSSR count). The van der Waals surface area contributed by atoms with Gasteiger partial charge in [-0.2, -0.15) is 0 Å². The first-order valence-electron chi connectivity index (χ1n) is 7.31. The van der Waals surface area contributed by atoms with Gasteiger partial charge in [-0.1, -0.05) is 34.8 Å².